The van der Waals surface area contributed by atoms with E-state index in [0.717, 1.165) is 11.8 Å². The Balaban J connectivity index is 3.03. The van der Waals surface area contributed by atoms with Crippen LogP contribution in [0.15, 0.2) is 17.0 Å². The summed E-state index contributed by atoms with van der Waals surface area (Å²) in [5.41, 5.74) is -0.106. The first-order valence-corrected chi connectivity index (χ1v) is 7.34. The molecule has 1 rings (SSSR count). The Morgan fingerprint density at radius 3 is 2.48 bits per heavy atom. The van der Waals surface area contributed by atoms with E-state index < -0.39 is 22.9 Å². The molecule has 1 aromatic carbocycles. The lowest BCUT2D eigenvalue weighted by atomic mass is 10.3. The minimum atomic E-state index is -0.857. The predicted octanol–water partition coefficient (Wildman–Crippen LogP) is 3.36. The first-order chi connectivity index (χ1) is 9.92. The van der Waals surface area contributed by atoms with Gasteiger partial charge in [0.05, 0.1) is 12.8 Å². The van der Waals surface area contributed by atoms with E-state index in [1.54, 1.807) is 13.8 Å². The number of methoxy groups -OCH3 is 1. The van der Waals surface area contributed by atoms with Crippen LogP contribution in [-0.4, -0.2) is 24.2 Å². The number of hydrogen-bond acceptors (Lipinski definition) is 4. The molecule has 0 bridgehead atoms. The van der Waals surface area contributed by atoms with Crippen molar-refractivity contribution >= 4 is 29.3 Å². The number of esters is 1. The number of hydrogen-bond donors (Lipinski definition) is 1. The normalized spacial score (nSPS) is 11.9. The molecule has 0 fully saturated rings. The first-order valence-electron chi connectivity index (χ1n) is 6.46. The smallest absolute Gasteiger partial charge is 0.319 e. The molecule has 0 aliphatic rings. The number of halogens is 2. The lowest BCUT2D eigenvalue weighted by Crippen LogP contribution is -2.18. The van der Waals surface area contributed by atoms with E-state index in [1.807, 2.05) is 0 Å². The van der Waals surface area contributed by atoms with Crippen LogP contribution < -0.4 is 5.32 Å². The van der Waals surface area contributed by atoms with Crippen molar-refractivity contribution in [1.29, 1.82) is 0 Å². The molecule has 116 valence electrons. The van der Waals surface area contributed by atoms with Crippen LogP contribution in [0.1, 0.15) is 26.7 Å². The summed E-state index contributed by atoms with van der Waals surface area (Å²) in [4.78, 5) is 22.9. The van der Waals surface area contributed by atoms with Gasteiger partial charge >= 0.3 is 5.97 Å². The standard InChI is InChI=1S/C14H17F2NO3S/c1-4-11(14(19)20-3)21-12-7-10(17-13(18)5-2)8(15)6-9(12)16/h6-7,11H,4-5H2,1-3H3,(H,17,18). The van der Waals surface area contributed by atoms with Crippen molar-refractivity contribution in [1.82, 2.24) is 0 Å². The highest BCUT2D eigenvalue weighted by Gasteiger charge is 2.21. The van der Waals surface area contributed by atoms with E-state index in [4.69, 9.17) is 0 Å². The van der Waals surface area contributed by atoms with Gasteiger partial charge in [-0.25, -0.2) is 8.78 Å². The highest BCUT2D eigenvalue weighted by Crippen LogP contribution is 2.32. The van der Waals surface area contributed by atoms with Gasteiger partial charge < -0.3 is 10.1 Å². The van der Waals surface area contributed by atoms with E-state index in [0.29, 0.717) is 12.5 Å². The lowest BCUT2D eigenvalue weighted by Gasteiger charge is -2.14. The summed E-state index contributed by atoms with van der Waals surface area (Å²) in [5.74, 6) is -2.50. The van der Waals surface area contributed by atoms with Crippen LogP contribution in [0.25, 0.3) is 0 Å². The summed E-state index contributed by atoms with van der Waals surface area (Å²) in [7, 11) is 1.25. The number of carbonyl (C=O) groups is 2. The van der Waals surface area contributed by atoms with Gasteiger partial charge in [0.2, 0.25) is 5.91 Å². The van der Waals surface area contributed by atoms with Crippen molar-refractivity contribution in [2.45, 2.75) is 36.8 Å². The van der Waals surface area contributed by atoms with Crippen molar-refractivity contribution in [2.24, 2.45) is 0 Å². The molecule has 1 atom stereocenters. The molecule has 7 heteroatoms. The van der Waals surface area contributed by atoms with Crippen molar-refractivity contribution in [3.05, 3.63) is 23.8 Å². The third-order valence-electron chi connectivity index (χ3n) is 2.72. The summed E-state index contributed by atoms with van der Waals surface area (Å²) in [6.45, 7) is 3.38. The Labute approximate surface area is 126 Å². The summed E-state index contributed by atoms with van der Waals surface area (Å²) in [6.07, 6.45) is 0.615. The second-order valence-corrected chi connectivity index (χ2v) is 5.45. The Morgan fingerprint density at radius 1 is 1.29 bits per heavy atom. The van der Waals surface area contributed by atoms with Gasteiger partial charge in [-0.3, -0.25) is 9.59 Å². The third kappa shape index (κ3) is 4.70. The fraction of sp³-hybridized carbons (Fsp3) is 0.429. The van der Waals surface area contributed by atoms with E-state index in [9.17, 15) is 18.4 Å². The molecule has 0 aliphatic carbocycles. The van der Waals surface area contributed by atoms with Crippen molar-refractivity contribution in [3.8, 4) is 0 Å². The molecule has 0 spiro atoms. The predicted molar refractivity (Wildman–Crippen MR) is 77.2 cm³/mol. The van der Waals surface area contributed by atoms with E-state index >= 15 is 0 Å². The molecule has 1 amide bonds. The molecule has 0 heterocycles. The van der Waals surface area contributed by atoms with Crippen LogP contribution in [0.4, 0.5) is 14.5 Å². The van der Waals surface area contributed by atoms with E-state index in [2.05, 4.69) is 10.1 Å². The molecule has 0 aromatic heterocycles. The molecule has 0 radical (unpaired) electrons. The fourth-order valence-electron chi connectivity index (χ4n) is 1.54. The van der Waals surface area contributed by atoms with Crippen molar-refractivity contribution in [2.75, 3.05) is 12.4 Å². The molecule has 0 saturated carbocycles. The molecule has 1 aromatic rings. The summed E-state index contributed by atoms with van der Waals surface area (Å²) in [5, 5.41) is 1.76. The minimum Gasteiger partial charge on any atom is -0.468 e. The lowest BCUT2D eigenvalue weighted by molar-refractivity contribution is -0.140. The van der Waals surface area contributed by atoms with Gasteiger partial charge in [0.25, 0.3) is 0 Å². The maximum atomic E-state index is 13.8. The fourth-order valence-corrected chi connectivity index (χ4v) is 2.56. The van der Waals surface area contributed by atoms with Crippen molar-refractivity contribution < 1.29 is 23.1 Å². The number of ether oxygens (including phenoxy) is 1. The van der Waals surface area contributed by atoms with Crippen LogP contribution in [0.5, 0.6) is 0 Å². The molecule has 4 nitrogen and oxygen atoms in total. The maximum absolute atomic E-state index is 13.8. The van der Waals surface area contributed by atoms with Crippen LogP contribution in [-0.2, 0) is 14.3 Å². The van der Waals surface area contributed by atoms with Gasteiger partial charge in [0.15, 0.2) is 0 Å². The average molecular weight is 317 g/mol. The number of benzene rings is 1. The second kappa shape index (κ2) is 7.97. The summed E-state index contributed by atoms with van der Waals surface area (Å²) in [6, 6.07) is 1.88. The Bertz CT molecular complexity index is 537. The minimum absolute atomic E-state index is 0.0834. The van der Waals surface area contributed by atoms with E-state index in [-0.39, 0.29) is 22.9 Å². The highest BCUT2D eigenvalue weighted by molar-refractivity contribution is 8.00. The zero-order chi connectivity index (χ0) is 16.0. The summed E-state index contributed by atoms with van der Waals surface area (Å²) < 4.78 is 32.0. The number of thioether (sulfide) groups is 1. The zero-order valence-corrected chi connectivity index (χ0v) is 12.9. The van der Waals surface area contributed by atoms with E-state index in [1.165, 1.54) is 13.2 Å². The molecule has 1 N–H and O–H groups in total. The molecule has 0 aliphatic heterocycles. The zero-order valence-electron chi connectivity index (χ0n) is 12.0. The van der Waals surface area contributed by atoms with Crippen LogP contribution >= 0.6 is 11.8 Å². The topological polar surface area (TPSA) is 55.4 Å². The van der Waals surface area contributed by atoms with Gasteiger partial charge in [-0.15, -0.1) is 11.8 Å². The van der Waals surface area contributed by atoms with Gasteiger partial charge in [0, 0.05) is 17.4 Å². The Morgan fingerprint density at radius 2 is 1.95 bits per heavy atom. The molecule has 0 saturated heterocycles. The third-order valence-corrected chi connectivity index (χ3v) is 4.10. The van der Waals surface area contributed by atoms with Crippen molar-refractivity contribution in [3.63, 3.8) is 0 Å². The molecule has 21 heavy (non-hydrogen) atoms. The number of rotatable bonds is 6. The first kappa shape index (κ1) is 17.4. The van der Waals surface area contributed by atoms with Gasteiger partial charge in [-0.2, -0.15) is 0 Å². The van der Waals surface area contributed by atoms with Gasteiger partial charge in [-0.1, -0.05) is 13.8 Å². The maximum Gasteiger partial charge on any atom is 0.319 e. The molecular formula is C14H17F2NO3S. The highest BCUT2D eigenvalue weighted by atomic mass is 32.2. The number of anilines is 1. The quantitative estimate of drug-likeness (QED) is 0.646. The van der Waals surface area contributed by atoms with Crippen LogP contribution in [0, 0.1) is 11.6 Å². The number of nitrogens with one attached hydrogen (secondary N) is 1. The SMILES string of the molecule is CCC(=O)Nc1cc(SC(CC)C(=O)OC)c(F)cc1F. The number of amides is 1. The largest absolute Gasteiger partial charge is 0.468 e. The van der Waals surface area contributed by atoms with Gasteiger partial charge in [-0.05, 0) is 12.5 Å². The Kier molecular flexibility index (Phi) is 6.61. The average Bonchev–Trinajstić information content (AvgIpc) is 2.47. The molecular weight excluding hydrogens is 300 g/mol. The monoisotopic (exact) mass is 317 g/mol. The molecule has 1 unspecified atom stereocenters. The van der Waals surface area contributed by atoms with Crippen LogP contribution in [0.3, 0.4) is 0 Å². The van der Waals surface area contributed by atoms with Crippen LogP contribution in [0.2, 0.25) is 0 Å². The number of carbonyl (C=O) groups excluding carboxylic acids is 2. The Hall–Kier alpha value is -1.63. The second-order valence-electron chi connectivity index (χ2n) is 4.20. The van der Waals surface area contributed by atoms with Gasteiger partial charge in [0.1, 0.15) is 16.9 Å². The summed E-state index contributed by atoms with van der Waals surface area (Å²) >= 11 is 0.938.